The van der Waals surface area contributed by atoms with Gasteiger partial charge in [0.15, 0.2) is 5.78 Å². The van der Waals surface area contributed by atoms with Crippen LogP contribution in [0.5, 0.6) is 6.01 Å². The molecule has 1 saturated heterocycles. The number of aryl methyl sites for hydroxylation is 1. The number of aromatic nitrogens is 4. The molecule has 2 aliphatic rings. The number of rotatable bonds is 8. The molecule has 2 aromatic rings. The van der Waals surface area contributed by atoms with E-state index in [0.717, 1.165) is 11.1 Å². The van der Waals surface area contributed by atoms with Crippen LogP contribution in [-0.4, -0.2) is 75.3 Å². The molecule has 0 spiro atoms. The zero-order valence-electron chi connectivity index (χ0n) is 20.6. The number of carbonyl (C=O) groups excluding carboxylic acids is 2. The van der Waals surface area contributed by atoms with Crippen molar-refractivity contribution in [1.29, 1.82) is 0 Å². The summed E-state index contributed by atoms with van der Waals surface area (Å²) in [5, 5.41) is 7.04. The highest BCUT2D eigenvalue weighted by Crippen LogP contribution is 2.25. The molecule has 0 aromatic carbocycles. The minimum Gasteiger partial charge on any atom is -0.462 e. The monoisotopic (exact) mass is 482 g/mol. The number of ether oxygens (including phenoxy) is 1. The summed E-state index contributed by atoms with van der Waals surface area (Å²) in [7, 11) is 1.79. The van der Waals surface area contributed by atoms with Crippen molar-refractivity contribution in [3.63, 3.8) is 0 Å². The number of hydrogen-bond donors (Lipinski definition) is 1. The first-order chi connectivity index (χ1) is 16.7. The number of nitrogens with zero attached hydrogens (tertiary/aromatic N) is 5. The van der Waals surface area contributed by atoms with Crippen molar-refractivity contribution >= 4 is 11.7 Å². The van der Waals surface area contributed by atoms with Crippen LogP contribution < -0.4 is 10.1 Å². The zero-order valence-corrected chi connectivity index (χ0v) is 20.6. The van der Waals surface area contributed by atoms with Gasteiger partial charge in [-0.05, 0) is 38.8 Å². The number of halogens is 1. The summed E-state index contributed by atoms with van der Waals surface area (Å²) in [6, 6.07) is 1.87. The maximum atomic E-state index is 13.4. The second kappa shape index (κ2) is 10.5. The average molecular weight is 483 g/mol. The molecule has 0 saturated carbocycles. The standard InChI is InChI=1S/C25H31FN6O3/c1-15-11-16(2)19(21(33)12-15)13-27-24(34)23-17(3)22(20-5-7-28-31(20)4)29-25(30-23)35-10-9-32-8-6-18(26)14-32/h5,7,11,18H,6,8-10,12-14H2,1-4H3,(H,27,34)/t18-/m0/s1. The third-order valence-electron chi connectivity index (χ3n) is 6.40. The van der Waals surface area contributed by atoms with Crippen LogP contribution in [0.1, 0.15) is 42.7 Å². The Labute approximate surface area is 204 Å². The second-order valence-electron chi connectivity index (χ2n) is 9.14. The summed E-state index contributed by atoms with van der Waals surface area (Å²) in [5.41, 5.74) is 4.45. The van der Waals surface area contributed by atoms with E-state index in [1.165, 1.54) is 0 Å². The molecule has 10 heteroatoms. The lowest BCUT2D eigenvalue weighted by atomic mass is 9.92. The van der Waals surface area contributed by atoms with Crippen molar-refractivity contribution in [2.24, 2.45) is 7.05 Å². The van der Waals surface area contributed by atoms with Gasteiger partial charge in [-0.15, -0.1) is 0 Å². The lowest BCUT2D eigenvalue weighted by Gasteiger charge is -2.17. The number of allylic oxidation sites excluding steroid dienone is 3. The fourth-order valence-electron chi connectivity index (χ4n) is 4.47. The Morgan fingerprint density at radius 2 is 2.09 bits per heavy atom. The van der Waals surface area contributed by atoms with Crippen molar-refractivity contribution < 1.29 is 18.7 Å². The van der Waals surface area contributed by atoms with Gasteiger partial charge in [0.2, 0.25) is 0 Å². The lowest BCUT2D eigenvalue weighted by molar-refractivity contribution is -0.115. The summed E-state index contributed by atoms with van der Waals surface area (Å²) in [6.45, 7) is 7.59. The fraction of sp³-hybridized carbons (Fsp3) is 0.480. The SMILES string of the molecule is CC1=CC(C)=C(CNC(=O)c2nc(OCCN3CC[C@H](F)C3)nc(-c3ccnn3C)c2C)C(=O)C1. The van der Waals surface area contributed by atoms with E-state index in [4.69, 9.17) is 4.74 Å². The smallest absolute Gasteiger partial charge is 0.317 e. The number of likely N-dealkylation sites (tertiary alicyclic amines) is 1. The fourth-order valence-corrected chi connectivity index (χ4v) is 4.47. The number of alkyl halides is 1. The van der Waals surface area contributed by atoms with Crippen molar-refractivity contribution in [2.75, 3.05) is 32.8 Å². The summed E-state index contributed by atoms with van der Waals surface area (Å²) >= 11 is 0. The van der Waals surface area contributed by atoms with Crippen LogP contribution in [-0.2, 0) is 11.8 Å². The molecule has 0 bridgehead atoms. The maximum absolute atomic E-state index is 13.4. The van der Waals surface area contributed by atoms with Gasteiger partial charge in [0.1, 0.15) is 18.5 Å². The molecule has 4 rings (SSSR count). The number of Topliss-reactive ketones (excluding diaryl/α,β-unsaturated/α-hetero) is 1. The van der Waals surface area contributed by atoms with Crippen LogP contribution in [0.3, 0.4) is 0 Å². The first-order valence-corrected chi connectivity index (χ1v) is 11.8. The highest BCUT2D eigenvalue weighted by molar-refractivity contribution is 6.01. The molecule has 0 unspecified atom stereocenters. The van der Waals surface area contributed by atoms with Crippen LogP contribution in [0, 0.1) is 6.92 Å². The van der Waals surface area contributed by atoms with Crippen LogP contribution in [0.15, 0.2) is 35.1 Å². The van der Waals surface area contributed by atoms with E-state index in [9.17, 15) is 14.0 Å². The Morgan fingerprint density at radius 1 is 1.29 bits per heavy atom. The minimum absolute atomic E-state index is 0.0132. The van der Waals surface area contributed by atoms with Gasteiger partial charge >= 0.3 is 6.01 Å². The summed E-state index contributed by atoms with van der Waals surface area (Å²) in [4.78, 5) is 36.5. The molecule has 1 aliphatic carbocycles. The minimum atomic E-state index is -0.799. The second-order valence-corrected chi connectivity index (χ2v) is 9.14. The molecule has 1 atom stereocenters. The first-order valence-electron chi connectivity index (χ1n) is 11.8. The van der Waals surface area contributed by atoms with Gasteiger partial charge in [0.25, 0.3) is 5.91 Å². The Hall–Kier alpha value is -3.40. The quantitative estimate of drug-likeness (QED) is 0.617. The highest BCUT2D eigenvalue weighted by atomic mass is 19.1. The van der Waals surface area contributed by atoms with Gasteiger partial charge in [0, 0.05) is 57.0 Å². The molecule has 1 N–H and O–H groups in total. The average Bonchev–Trinajstić information content (AvgIpc) is 3.41. The van der Waals surface area contributed by atoms with E-state index < -0.39 is 12.1 Å². The molecule has 1 amide bonds. The van der Waals surface area contributed by atoms with E-state index in [1.807, 2.05) is 24.8 Å². The van der Waals surface area contributed by atoms with Gasteiger partial charge in [-0.2, -0.15) is 15.1 Å². The topological polar surface area (TPSA) is 102 Å². The summed E-state index contributed by atoms with van der Waals surface area (Å²) in [6.07, 6.45) is 3.71. The zero-order chi connectivity index (χ0) is 25.1. The van der Waals surface area contributed by atoms with Gasteiger partial charge in [-0.1, -0.05) is 11.6 Å². The number of ketones is 1. The van der Waals surface area contributed by atoms with Gasteiger partial charge in [0.05, 0.1) is 11.4 Å². The van der Waals surface area contributed by atoms with E-state index >= 15 is 0 Å². The molecule has 186 valence electrons. The Bertz CT molecular complexity index is 1200. The van der Waals surface area contributed by atoms with Crippen molar-refractivity contribution in [3.05, 3.63) is 46.3 Å². The summed E-state index contributed by atoms with van der Waals surface area (Å²) in [5.74, 6) is -0.406. The van der Waals surface area contributed by atoms with E-state index in [1.54, 1.807) is 30.9 Å². The Balaban J connectivity index is 1.55. The van der Waals surface area contributed by atoms with E-state index in [-0.39, 0.29) is 30.6 Å². The molecule has 0 radical (unpaired) electrons. The molecule has 9 nitrogen and oxygen atoms in total. The van der Waals surface area contributed by atoms with Gasteiger partial charge in [-0.3, -0.25) is 19.2 Å². The number of hydrogen-bond acceptors (Lipinski definition) is 7. The van der Waals surface area contributed by atoms with Crippen molar-refractivity contribution in [1.82, 2.24) is 30.0 Å². The van der Waals surface area contributed by atoms with Crippen LogP contribution in [0.2, 0.25) is 0 Å². The van der Waals surface area contributed by atoms with Crippen molar-refractivity contribution in [3.8, 4) is 17.4 Å². The molecule has 2 aromatic heterocycles. The predicted molar refractivity (Wildman–Crippen MR) is 129 cm³/mol. The number of amides is 1. The van der Waals surface area contributed by atoms with Crippen LogP contribution in [0.25, 0.3) is 11.4 Å². The molecule has 3 heterocycles. The molecular formula is C25H31FN6O3. The van der Waals surface area contributed by atoms with Crippen molar-refractivity contribution in [2.45, 2.75) is 39.8 Å². The lowest BCUT2D eigenvalue weighted by Crippen LogP contribution is -2.31. The third kappa shape index (κ3) is 5.64. The largest absolute Gasteiger partial charge is 0.462 e. The van der Waals surface area contributed by atoms with Crippen LogP contribution in [0.4, 0.5) is 4.39 Å². The highest BCUT2D eigenvalue weighted by Gasteiger charge is 2.24. The Kier molecular flexibility index (Phi) is 7.39. The molecule has 1 aliphatic heterocycles. The first kappa shape index (κ1) is 24.7. The predicted octanol–water partition coefficient (Wildman–Crippen LogP) is 2.57. The van der Waals surface area contributed by atoms with Gasteiger partial charge < -0.3 is 10.1 Å². The van der Waals surface area contributed by atoms with Gasteiger partial charge in [-0.25, -0.2) is 4.39 Å². The summed E-state index contributed by atoms with van der Waals surface area (Å²) < 4.78 is 20.9. The molecule has 35 heavy (non-hydrogen) atoms. The number of nitrogens with one attached hydrogen (secondary N) is 1. The van der Waals surface area contributed by atoms with E-state index in [2.05, 4.69) is 20.4 Å². The van der Waals surface area contributed by atoms with Crippen LogP contribution >= 0.6 is 0 Å². The third-order valence-corrected chi connectivity index (χ3v) is 6.40. The van der Waals surface area contributed by atoms with E-state index in [0.29, 0.717) is 55.0 Å². The number of carbonyl (C=O) groups is 2. The Morgan fingerprint density at radius 3 is 2.74 bits per heavy atom. The molecule has 1 fully saturated rings. The normalized spacial score (nSPS) is 18.7. The maximum Gasteiger partial charge on any atom is 0.317 e. The molecular weight excluding hydrogens is 451 g/mol.